The Hall–Kier alpha value is -2.11. The van der Waals surface area contributed by atoms with Gasteiger partial charge in [-0.1, -0.05) is 29.8 Å². The predicted octanol–water partition coefficient (Wildman–Crippen LogP) is 4.31. The average Bonchev–Trinajstić information content (AvgIpc) is 3.23. The molecule has 23 heavy (non-hydrogen) atoms. The number of rotatable bonds is 6. The van der Waals surface area contributed by atoms with Gasteiger partial charge in [0.15, 0.2) is 11.7 Å². The van der Waals surface area contributed by atoms with Gasteiger partial charge in [0, 0.05) is 23.3 Å². The minimum absolute atomic E-state index is 0.0177. The summed E-state index contributed by atoms with van der Waals surface area (Å²) in [4.78, 5) is 17.2. The lowest BCUT2D eigenvalue weighted by atomic mass is 10.2. The molecule has 118 valence electrons. The van der Waals surface area contributed by atoms with Crippen LogP contribution in [-0.4, -0.2) is 10.9 Å². The molecule has 0 radical (unpaired) electrons. The summed E-state index contributed by atoms with van der Waals surface area (Å²) in [6, 6.07) is 11.4. The number of thiophene rings is 1. The van der Waals surface area contributed by atoms with Gasteiger partial charge >= 0.3 is 0 Å². The molecule has 0 spiro atoms. The van der Waals surface area contributed by atoms with Crippen LogP contribution in [0.2, 0.25) is 5.02 Å². The van der Waals surface area contributed by atoms with Crippen LogP contribution in [0.5, 0.6) is 0 Å². The Kier molecular flexibility index (Phi) is 5.10. The first-order valence-electron chi connectivity index (χ1n) is 7.21. The fourth-order valence-electron chi connectivity index (χ4n) is 2.12. The Morgan fingerprint density at radius 3 is 2.91 bits per heavy atom. The normalized spacial score (nSPS) is 10.7. The number of carbonyl (C=O) groups excluding carboxylic acids is 1. The quantitative estimate of drug-likeness (QED) is 0.723. The Labute approximate surface area is 143 Å². The van der Waals surface area contributed by atoms with Gasteiger partial charge in [-0.3, -0.25) is 4.79 Å². The fourth-order valence-corrected chi connectivity index (χ4v) is 2.99. The smallest absolute Gasteiger partial charge is 0.220 e. The zero-order valence-corrected chi connectivity index (χ0v) is 13.9. The van der Waals surface area contributed by atoms with Crippen LogP contribution < -0.4 is 5.32 Å². The topological polar surface area (TPSA) is 55.1 Å². The molecule has 0 bridgehead atoms. The van der Waals surface area contributed by atoms with E-state index in [0.29, 0.717) is 36.1 Å². The summed E-state index contributed by atoms with van der Waals surface area (Å²) in [5.74, 6) is 1.13. The number of hydrogen-bond acceptors (Lipinski definition) is 4. The van der Waals surface area contributed by atoms with Crippen molar-refractivity contribution in [2.24, 2.45) is 0 Å². The van der Waals surface area contributed by atoms with Crippen molar-refractivity contribution in [2.45, 2.75) is 19.4 Å². The number of nitrogens with zero attached hydrogens (tertiary/aromatic N) is 1. The standard InChI is InChI=1S/C17H15ClN2O2S/c18-14-6-2-1-5-13(14)15-11-20-17(22-15)8-7-16(21)19-10-12-4-3-9-23-12/h1-6,9,11H,7-8,10H2,(H,19,21). The Morgan fingerprint density at radius 1 is 1.26 bits per heavy atom. The molecule has 3 aromatic rings. The summed E-state index contributed by atoms with van der Waals surface area (Å²) in [6.45, 7) is 0.562. The van der Waals surface area contributed by atoms with E-state index in [1.807, 2.05) is 35.7 Å². The van der Waals surface area contributed by atoms with E-state index in [1.165, 1.54) is 0 Å². The van der Waals surface area contributed by atoms with E-state index in [2.05, 4.69) is 10.3 Å². The summed E-state index contributed by atoms with van der Waals surface area (Å²) in [5, 5.41) is 5.49. The summed E-state index contributed by atoms with van der Waals surface area (Å²) in [7, 11) is 0. The third kappa shape index (κ3) is 4.21. The average molecular weight is 347 g/mol. The van der Waals surface area contributed by atoms with E-state index in [4.69, 9.17) is 16.0 Å². The highest BCUT2D eigenvalue weighted by molar-refractivity contribution is 7.09. The van der Waals surface area contributed by atoms with E-state index >= 15 is 0 Å². The van der Waals surface area contributed by atoms with E-state index < -0.39 is 0 Å². The zero-order chi connectivity index (χ0) is 16.1. The van der Waals surface area contributed by atoms with Crippen LogP contribution in [0.25, 0.3) is 11.3 Å². The van der Waals surface area contributed by atoms with Crippen molar-refractivity contribution < 1.29 is 9.21 Å². The van der Waals surface area contributed by atoms with Crippen molar-refractivity contribution >= 4 is 28.8 Å². The second-order valence-electron chi connectivity index (χ2n) is 4.95. The molecule has 0 aliphatic rings. The van der Waals surface area contributed by atoms with Crippen molar-refractivity contribution in [1.82, 2.24) is 10.3 Å². The van der Waals surface area contributed by atoms with Crippen molar-refractivity contribution in [2.75, 3.05) is 0 Å². The van der Waals surface area contributed by atoms with E-state index in [0.717, 1.165) is 10.4 Å². The lowest BCUT2D eigenvalue weighted by molar-refractivity contribution is -0.121. The zero-order valence-electron chi connectivity index (χ0n) is 12.3. The van der Waals surface area contributed by atoms with Gasteiger partial charge < -0.3 is 9.73 Å². The molecule has 0 saturated carbocycles. The molecule has 3 rings (SSSR count). The SMILES string of the molecule is O=C(CCc1ncc(-c2ccccc2Cl)o1)NCc1cccs1. The third-order valence-electron chi connectivity index (χ3n) is 3.30. The minimum atomic E-state index is -0.0177. The molecule has 0 fully saturated rings. The van der Waals surface area contributed by atoms with Crippen molar-refractivity contribution in [3.05, 3.63) is 63.8 Å². The maximum absolute atomic E-state index is 11.8. The molecular formula is C17H15ClN2O2S. The monoisotopic (exact) mass is 346 g/mol. The van der Waals surface area contributed by atoms with Crippen molar-refractivity contribution in [3.63, 3.8) is 0 Å². The number of aromatic nitrogens is 1. The van der Waals surface area contributed by atoms with Gasteiger partial charge in [-0.25, -0.2) is 4.98 Å². The van der Waals surface area contributed by atoms with Crippen LogP contribution in [-0.2, 0) is 17.8 Å². The third-order valence-corrected chi connectivity index (χ3v) is 4.50. The van der Waals surface area contributed by atoms with Gasteiger partial charge in [0.25, 0.3) is 0 Å². The first-order chi connectivity index (χ1) is 11.2. The highest BCUT2D eigenvalue weighted by Crippen LogP contribution is 2.28. The van der Waals surface area contributed by atoms with E-state index in [1.54, 1.807) is 23.6 Å². The Balaban J connectivity index is 1.53. The molecule has 6 heteroatoms. The summed E-state index contributed by atoms with van der Waals surface area (Å²) >= 11 is 7.76. The summed E-state index contributed by atoms with van der Waals surface area (Å²) in [5.41, 5.74) is 0.801. The van der Waals surface area contributed by atoms with Crippen molar-refractivity contribution in [1.29, 1.82) is 0 Å². The second-order valence-corrected chi connectivity index (χ2v) is 6.39. The number of oxazole rings is 1. The molecule has 1 aromatic carbocycles. The van der Waals surface area contributed by atoms with Gasteiger partial charge in [0.2, 0.25) is 5.91 Å². The number of amides is 1. The molecular weight excluding hydrogens is 332 g/mol. The van der Waals surface area contributed by atoms with Crippen LogP contribution in [0.1, 0.15) is 17.2 Å². The molecule has 1 N–H and O–H groups in total. The van der Waals surface area contributed by atoms with Gasteiger partial charge in [0.1, 0.15) is 0 Å². The molecule has 0 aliphatic carbocycles. The van der Waals surface area contributed by atoms with Gasteiger partial charge in [-0.05, 0) is 23.6 Å². The number of hydrogen-bond donors (Lipinski definition) is 1. The van der Waals surface area contributed by atoms with Crippen LogP contribution in [0.15, 0.2) is 52.4 Å². The molecule has 4 nitrogen and oxygen atoms in total. The minimum Gasteiger partial charge on any atom is -0.441 e. The highest BCUT2D eigenvalue weighted by Gasteiger charge is 2.11. The first-order valence-corrected chi connectivity index (χ1v) is 8.47. The Bertz CT molecular complexity index is 784. The largest absolute Gasteiger partial charge is 0.441 e. The molecule has 2 heterocycles. The molecule has 0 atom stereocenters. The number of nitrogens with one attached hydrogen (secondary N) is 1. The second kappa shape index (κ2) is 7.44. The molecule has 0 saturated heterocycles. The van der Waals surface area contributed by atoms with Gasteiger partial charge in [-0.2, -0.15) is 0 Å². The predicted molar refractivity (Wildman–Crippen MR) is 91.4 cm³/mol. The number of carbonyl (C=O) groups is 1. The molecule has 0 aliphatic heterocycles. The van der Waals surface area contributed by atoms with Crippen LogP contribution in [0.3, 0.4) is 0 Å². The maximum Gasteiger partial charge on any atom is 0.220 e. The number of aryl methyl sites for hydroxylation is 1. The lowest BCUT2D eigenvalue weighted by Gasteiger charge is -2.02. The molecule has 0 unspecified atom stereocenters. The Morgan fingerprint density at radius 2 is 2.13 bits per heavy atom. The van der Waals surface area contributed by atoms with Crippen LogP contribution in [0.4, 0.5) is 0 Å². The van der Waals surface area contributed by atoms with Gasteiger partial charge in [0.05, 0.1) is 17.8 Å². The number of benzene rings is 1. The van der Waals surface area contributed by atoms with E-state index in [9.17, 15) is 4.79 Å². The van der Waals surface area contributed by atoms with Crippen molar-refractivity contribution in [3.8, 4) is 11.3 Å². The van der Waals surface area contributed by atoms with E-state index in [-0.39, 0.29) is 5.91 Å². The maximum atomic E-state index is 11.8. The van der Waals surface area contributed by atoms with Gasteiger partial charge in [-0.15, -0.1) is 11.3 Å². The number of halogens is 1. The van der Waals surface area contributed by atoms with Crippen LogP contribution >= 0.6 is 22.9 Å². The summed E-state index contributed by atoms with van der Waals surface area (Å²) < 4.78 is 5.68. The highest BCUT2D eigenvalue weighted by atomic mass is 35.5. The first kappa shape index (κ1) is 15.8. The van der Waals surface area contributed by atoms with Crippen LogP contribution in [0, 0.1) is 0 Å². The fraction of sp³-hybridized carbons (Fsp3) is 0.176. The molecule has 2 aromatic heterocycles. The summed E-state index contributed by atoms with van der Waals surface area (Å²) in [6.07, 6.45) is 2.44. The lowest BCUT2D eigenvalue weighted by Crippen LogP contribution is -2.22. The molecule has 1 amide bonds.